The van der Waals surface area contributed by atoms with Crippen molar-refractivity contribution >= 4 is 27.3 Å². The topological polar surface area (TPSA) is 125 Å². The number of carbonyl (C=O) groups is 1. The largest absolute Gasteiger partial charge is 0.379 e. The molecular weight excluding hydrogens is 450 g/mol. The molecule has 3 aliphatic rings. The Labute approximate surface area is 193 Å². The molecule has 33 heavy (non-hydrogen) atoms. The number of morpholine rings is 1. The second-order valence-electron chi connectivity index (χ2n) is 8.88. The number of carbonyl (C=O) groups excluding carboxylic acids is 1. The number of piperazine rings is 1. The zero-order valence-electron chi connectivity index (χ0n) is 18.8. The first-order valence-corrected chi connectivity index (χ1v) is 12.8. The molecule has 0 aromatic heterocycles. The summed E-state index contributed by atoms with van der Waals surface area (Å²) in [6.45, 7) is 5.64. The van der Waals surface area contributed by atoms with Crippen LogP contribution >= 0.6 is 0 Å². The lowest BCUT2D eigenvalue weighted by molar-refractivity contribution is -0.384. The summed E-state index contributed by atoms with van der Waals surface area (Å²) >= 11 is 0. The number of rotatable bonds is 8. The maximum atomic E-state index is 12.9. The van der Waals surface area contributed by atoms with Crippen molar-refractivity contribution in [1.29, 1.82) is 0 Å². The van der Waals surface area contributed by atoms with E-state index in [1.165, 1.54) is 29.3 Å². The Morgan fingerprint density at radius 1 is 1.18 bits per heavy atom. The third-order valence-corrected chi connectivity index (χ3v) is 8.44. The first-order valence-electron chi connectivity index (χ1n) is 11.4. The molecule has 3 fully saturated rings. The van der Waals surface area contributed by atoms with Gasteiger partial charge in [0, 0.05) is 51.4 Å². The molecule has 4 rings (SSSR count). The average Bonchev–Trinajstić information content (AvgIpc) is 3.65. The van der Waals surface area contributed by atoms with Crippen molar-refractivity contribution in [2.75, 3.05) is 63.9 Å². The fourth-order valence-electron chi connectivity index (χ4n) is 4.38. The number of nitro benzene ring substituents is 1. The van der Waals surface area contributed by atoms with E-state index in [2.05, 4.69) is 5.32 Å². The summed E-state index contributed by atoms with van der Waals surface area (Å²) in [4.78, 5) is 27.4. The highest BCUT2D eigenvalue weighted by atomic mass is 32.2. The molecule has 2 saturated heterocycles. The van der Waals surface area contributed by atoms with Crippen LogP contribution in [0.25, 0.3) is 0 Å². The van der Waals surface area contributed by atoms with Gasteiger partial charge in [-0.1, -0.05) is 0 Å². The van der Waals surface area contributed by atoms with E-state index < -0.39 is 14.9 Å². The second kappa shape index (κ2) is 9.92. The quantitative estimate of drug-likeness (QED) is 0.424. The summed E-state index contributed by atoms with van der Waals surface area (Å²) in [6, 6.07) is 4.31. The normalized spacial score (nSPS) is 21.5. The van der Waals surface area contributed by atoms with Crippen molar-refractivity contribution in [3.63, 3.8) is 0 Å². The third kappa shape index (κ3) is 5.62. The molecule has 1 amide bonds. The Hall–Kier alpha value is -2.28. The summed E-state index contributed by atoms with van der Waals surface area (Å²) in [5.41, 5.74) is 0.168. The van der Waals surface area contributed by atoms with Crippen molar-refractivity contribution in [2.24, 2.45) is 5.92 Å². The molecule has 182 valence electrons. The monoisotopic (exact) mass is 481 g/mol. The lowest BCUT2D eigenvalue weighted by Crippen LogP contribution is -2.50. The van der Waals surface area contributed by atoms with Gasteiger partial charge in [0.1, 0.15) is 5.69 Å². The molecule has 1 saturated carbocycles. The van der Waals surface area contributed by atoms with Crippen LogP contribution in [-0.2, 0) is 19.6 Å². The number of nitrogens with zero attached hydrogens (tertiary/aromatic N) is 4. The number of benzene rings is 1. The van der Waals surface area contributed by atoms with Gasteiger partial charge in [0.05, 0.1) is 29.6 Å². The van der Waals surface area contributed by atoms with Crippen molar-refractivity contribution in [2.45, 2.75) is 30.7 Å². The Bertz CT molecular complexity index is 985. The van der Waals surface area contributed by atoms with Gasteiger partial charge in [0.25, 0.3) is 5.69 Å². The number of amides is 1. The number of ether oxygens (including phenoxy) is 1. The Morgan fingerprint density at radius 2 is 1.85 bits per heavy atom. The average molecular weight is 482 g/mol. The first-order chi connectivity index (χ1) is 15.8. The van der Waals surface area contributed by atoms with E-state index in [-0.39, 0.29) is 35.6 Å². The van der Waals surface area contributed by atoms with E-state index >= 15 is 0 Å². The van der Waals surface area contributed by atoms with E-state index in [0.717, 1.165) is 6.07 Å². The summed E-state index contributed by atoms with van der Waals surface area (Å²) in [5, 5.41) is 14.8. The highest BCUT2D eigenvalue weighted by molar-refractivity contribution is 7.89. The fraction of sp³-hybridized carbons (Fsp3) is 0.667. The van der Waals surface area contributed by atoms with Crippen LogP contribution in [0.15, 0.2) is 23.1 Å². The van der Waals surface area contributed by atoms with Gasteiger partial charge in [-0.15, -0.1) is 0 Å². The first kappa shape index (κ1) is 23.9. The third-order valence-electron chi connectivity index (χ3n) is 6.55. The summed E-state index contributed by atoms with van der Waals surface area (Å²) in [7, 11) is -3.82. The Kier molecular flexibility index (Phi) is 7.17. The Morgan fingerprint density at radius 3 is 2.45 bits per heavy atom. The molecule has 1 atom stereocenters. The summed E-state index contributed by atoms with van der Waals surface area (Å²) in [5.74, 6) is 0.605. The maximum absolute atomic E-state index is 12.9. The van der Waals surface area contributed by atoms with Gasteiger partial charge < -0.3 is 15.0 Å². The molecule has 1 aliphatic carbocycles. The van der Waals surface area contributed by atoms with E-state index in [1.54, 1.807) is 0 Å². The SMILES string of the molecule is CC(NC(=O)CN1CCN(c2ccc(S(=O)(=O)N3CCOCC3)cc2[N+](=O)[O-])CC1)C1CC1. The molecular formula is C21H31N5O6S. The molecule has 1 N–H and O–H groups in total. The predicted octanol–water partition coefficient (Wildman–Crippen LogP) is 0.652. The molecule has 1 unspecified atom stereocenters. The molecule has 2 heterocycles. The minimum atomic E-state index is -3.82. The van der Waals surface area contributed by atoms with Gasteiger partial charge in [-0.05, 0) is 37.8 Å². The number of nitrogens with one attached hydrogen (secondary N) is 1. The summed E-state index contributed by atoms with van der Waals surface area (Å²) < 4.78 is 32.3. The fourth-order valence-corrected chi connectivity index (χ4v) is 5.81. The number of hydrogen-bond acceptors (Lipinski definition) is 8. The van der Waals surface area contributed by atoms with Crippen LogP contribution in [0.1, 0.15) is 19.8 Å². The van der Waals surface area contributed by atoms with Gasteiger partial charge in [-0.25, -0.2) is 8.42 Å². The highest BCUT2D eigenvalue weighted by Gasteiger charge is 2.32. The highest BCUT2D eigenvalue weighted by Crippen LogP contribution is 2.33. The van der Waals surface area contributed by atoms with Crippen LogP contribution in [0.2, 0.25) is 0 Å². The van der Waals surface area contributed by atoms with Crippen LogP contribution in [0, 0.1) is 16.0 Å². The van der Waals surface area contributed by atoms with Crippen molar-refractivity contribution in [3.05, 3.63) is 28.3 Å². The van der Waals surface area contributed by atoms with Crippen molar-refractivity contribution in [3.8, 4) is 0 Å². The molecule has 0 bridgehead atoms. The molecule has 1 aromatic carbocycles. The van der Waals surface area contributed by atoms with Crippen LogP contribution in [0.4, 0.5) is 11.4 Å². The minimum absolute atomic E-state index is 0.00602. The van der Waals surface area contributed by atoms with Crippen LogP contribution < -0.4 is 10.2 Å². The van der Waals surface area contributed by atoms with Crippen LogP contribution in [-0.4, -0.2) is 93.5 Å². The van der Waals surface area contributed by atoms with Crippen molar-refractivity contribution < 1.29 is 22.9 Å². The van der Waals surface area contributed by atoms with E-state index in [0.29, 0.717) is 57.5 Å². The lowest BCUT2D eigenvalue weighted by atomic mass is 10.2. The Balaban J connectivity index is 1.40. The van der Waals surface area contributed by atoms with E-state index in [4.69, 9.17) is 4.74 Å². The predicted molar refractivity (Wildman–Crippen MR) is 122 cm³/mol. The molecule has 0 spiro atoms. The minimum Gasteiger partial charge on any atom is -0.379 e. The van der Waals surface area contributed by atoms with Crippen LogP contribution in [0.5, 0.6) is 0 Å². The number of sulfonamides is 1. The molecule has 2 aliphatic heterocycles. The van der Waals surface area contributed by atoms with Crippen molar-refractivity contribution in [1.82, 2.24) is 14.5 Å². The molecule has 11 nitrogen and oxygen atoms in total. The summed E-state index contributed by atoms with van der Waals surface area (Å²) in [6.07, 6.45) is 2.34. The second-order valence-corrected chi connectivity index (χ2v) is 10.8. The van der Waals surface area contributed by atoms with Crippen LogP contribution in [0.3, 0.4) is 0 Å². The number of nitro groups is 1. The zero-order chi connectivity index (χ0) is 23.6. The van der Waals surface area contributed by atoms with Gasteiger partial charge in [-0.3, -0.25) is 19.8 Å². The van der Waals surface area contributed by atoms with Gasteiger partial charge in [0.2, 0.25) is 15.9 Å². The molecule has 1 aromatic rings. The van der Waals surface area contributed by atoms with Gasteiger partial charge >= 0.3 is 0 Å². The molecule has 0 radical (unpaired) electrons. The smallest absolute Gasteiger partial charge is 0.293 e. The standard InChI is InChI=1S/C21H31N5O6S/c1-16(17-2-3-17)22-21(27)15-23-6-8-24(9-7-23)19-5-4-18(14-20(19)26(28)29)33(30,31)25-10-12-32-13-11-25/h4-5,14,16-17H,2-3,6-13,15H2,1H3,(H,22,27). The van der Waals surface area contributed by atoms with Gasteiger partial charge in [-0.2, -0.15) is 4.31 Å². The number of anilines is 1. The van der Waals surface area contributed by atoms with E-state index in [1.807, 2.05) is 16.7 Å². The zero-order valence-corrected chi connectivity index (χ0v) is 19.6. The number of hydrogen-bond donors (Lipinski definition) is 1. The lowest BCUT2D eigenvalue weighted by Gasteiger charge is -2.35. The maximum Gasteiger partial charge on any atom is 0.293 e. The van der Waals surface area contributed by atoms with Gasteiger partial charge in [0.15, 0.2) is 0 Å². The van der Waals surface area contributed by atoms with E-state index in [9.17, 15) is 23.3 Å². The molecule has 12 heteroatoms.